The summed E-state index contributed by atoms with van der Waals surface area (Å²) in [7, 11) is 1.63. The molecular weight excluding hydrogens is 272 g/mol. The Morgan fingerprint density at radius 3 is 2.48 bits per heavy atom. The molecule has 0 aromatic carbocycles. The first-order valence-corrected chi connectivity index (χ1v) is 7.67. The van der Waals surface area contributed by atoms with E-state index < -0.39 is 5.60 Å². The topological polar surface area (TPSA) is 71.0 Å². The Hall–Kier alpha value is -0.850. The summed E-state index contributed by atoms with van der Waals surface area (Å²) in [5, 5.41) is 12.5. The molecule has 1 saturated heterocycles. The maximum Gasteiger partial charge on any atom is 0.410 e. The number of ether oxygens (including phenoxy) is 2. The van der Waals surface area contributed by atoms with Crippen LogP contribution in [0.25, 0.3) is 0 Å². The number of hydrogen-bond donors (Lipinski definition) is 2. The highest BCUT2D eigenvalue weighted by atomic mass is 16.6. The molecule has 1 fully saturated rings. The molecule has 124 valence electrons. The second-order valence-electron chi connectivity index (χ2n) is 6.65. The second-order valence-corrected chi connectivity index (χ2v) is 6.65. The zero-order valence-electron chi connectivity index (χ0n) is 13.7. The molecule has 0 aliphatic carbocycles. The van der Waals surface area contributed by atoms with Gasteiger partial charge in [-0.05, 0) is 46.1 Å². The molecule has 1 atom stereocenters. The first-order chi connectivity index (χ1) is 9.85. The smallest absolute Gasteiger partial charge is 0.410 e. The first-order valence-electron chi connectivity index (χ1n) is 7.67. The minimum atomic E-state index is -0.440. The van der Waals surface area contributed by atoms with Crippen molar-refractivity contribution in [3.8, 4) is 0 Å². The van der Waals surface area contributed by atoms with Crippen molar-refractivity contribution >= 4 is 6.09 Å². The van der Waals surface area contributed by atoms with Crippen molar-refractivity contribution in [2.75, 3.05) is 40.0 Å². The summed E-state index contributed by atoms with van der Waals surface area (Å²) < 4.78 is 10.4. The van der Waals surface area contributed by atoms with Gasteiger partial charge in [0.25, 0.3) is 0 Å². The number of nitrogens with one attached hydrogen (secondary N) is 1. The highest BCUT2D eigenvalue weighted by molar-refractivity contribution is 5.68. The van der Waals surface area contributed by atoms with E-state index in [1.54, 1.807) is 12.0 Å². The van der Waals surface area contributed by atoms with Crippen LogP contribution in [0.2, 0.25) is 0 Å². The standard InChI is InChI=1S/C15H30N2O4/c1-15(2,3)21-14(19)17-7-5-12(6-8-17)9-16-13(10-18)11-20-4/h12-13,16,18H,5-11H2,1-4H3. The lowest BCUT2D eigenvalue weighted by Crippen LogP contribution is -2.45. The van der Waals surface area contributed by atoms with Crippen molar-refractivity contribution in [3.05, 3.63) is 0 Å². The Kier molecular flexibility index (Phi) is 7.42. The molecule has 21 heavy (non-hydrogen) atoms. The fourth-order valence-electron chi connectivity index (χ4n) is 2.36. The Balaban J connectivity index is 2.27. The largest absolute Gasteiger partial charge is 0.444 e. The van der Waals surface area contributed by atoms with Crippen LogP contribution >= 0.6 is 0 Å². The number of nitrogens with zero attached hydrogens (tertiary/aromatic N) is 1. The van der Waals surface area contributed by atoms with Crippen molar-refractivity contribution in [1.29, 1.82) is 0 Å². The summed E-state index contributed by atoms with van der Waals surface area (Å²) in [6.07, 6.45) is 1.69. The number of hydrogen-bond acceptors (Lipinski definition) is 5. The van der Waals surface area contributed by atoms with Crippen molar-refractivity contribution < 1.29 is 19.4 Å². The van der Waals surface area contributed by atoms with Gasteiger partial charge in [-0.1, -0.05) is 0 Å². The molecule has 6 heteroatoms. The van der Waals surface area contributed by atoms with E-state index >= 15 is 0 Å². The van der Waals surface area contributed by atoms with E-state index in [-0.39, 0.29) is 18.7 Å². The summed E-state index contributed by atoms with van der Waals surface area (Å²) in [6, 6.07) is -0.0149. The monoisotopic (exact) mass is 302 g/mol. The van der Waals surface area contributed by atoms with Crippen molar-refractivity contribution in [1.82, 2.24) is 10.2 Å². The summed E-state index contributed by atoms with van der Waals surface area (Å²) in [5.41, 5.74) is -0.440. The zero-order chi connectivity index (χ0) is 15.9. The SMILES string of the molecule is COCC(CO)NCC1CCN(C(=O)OC(C)(C)C)CC1. The predicted molar refractivity (Wildman–Crippen MR) is 81.3 cm³/mol. The Labute approximate surface area is 127 Å². The van der Waals surface area contributed by atoms with Gasteiger partial charge in [0.15, 0.2) is 0 Å². The molecule has 1 heterocycles. The molecule has 1 rings (SSSR count). The van der Waals surface area contributed by atoms with Gasteiger partial charge in [0.2, 0.25) is 0 Å². The van der Waals surface area contributed by atoms with Gasteiger partial charge in [-0.25, -0.2) is 4.79 Å². The third-order valence-electron chi connectivity index (χ3n) is 3.55. The van der Waals surface area contributed by atoms with Crippen LogP contribution in [0, 0.1) is 5.92 Å². The van der Waals surface area contributed by atoms with Crippen LogP contribution in [0.15, 0.2) is 0 Å². The molecule has 0 aromatic heterocycles. The lowest BCUT2D eigenvalue weighted by molar-refractivity contribution is 0.0181. The fraction of sp³-hybridized carbons (Fsp3) is 0.933. The predicted octanol–water partition coefficient (Wildman–Crippen LogP) is 1.23. The number of amides is 1. The van der Waals surface area contributed by atoms with Crippen LogP contribution in [0.3, 0.4) is 0 Å². The number of likely N-dealkylation sites (tertiary alicyclic amines) is 1. The molecule has 1 aliphatic heterocycles. The maximum atomic E-state index is 12.0. The lowest BCUT2D eigenvalue weighted by atomic mass is 9.97. The molecule has 0 bridgehead atoms. The minimum absolute atomic E-state index is 0.0149. The van der Waals surface area contributed by atoms with Gasteiger partial charge in [-0.15, -0.1) is 0 Å². The third-order valence-corrected chi connectivity index (χ3v) is 3.55. The van der Waals surface area contributed by atoms with Gasteiger partial charge in [0, 0.05) is 20.2 Å². The van der Waals surface area contributed by atoms with E-state index in [4.69, 9.17) is 9.47 Å². The van der Waals surface area contributed by atoms with Gasteiger partial charge in [-0.3, -0.25) is 0 Å². The molecule has 6 nitrogen and oxygen atoms in total. The fourth-order valence-corrected chi connectivity index (χ4v) is 2.36. The highest BCUT2D eigenvalue weighted by Crippen LogP contribution is 2.19. The van der Waals surface area contributed by atoms with E-state index in [9.17, 15) is 9.90 Å². The summed E-state index contributed by atoms with van der Waals surface area (Å²) in [5.74, 6) is 0.523. The molecular formula is C15H30N2O4. The third kappa shape index (κ3) is 7.11. The number of carbonyl (C=O) groups is 1. The van der Waals surface area contributed by atoms with Gasteiger partial charge in [-0.2, -0.15) is 0 Å². The average molecular weight is 302 g/mol. The quantitative estimate of drug-likeness (QED) is 0.772. The van der Waals surface area contributed by atoms with E-state index in [2.05, 4.69) is 5.32 Å². The second kappa shape index (κ2) is 8.56. The van der Waals surface area contributed by atoms with E-state index in [0.29, 0.717) is 12.5 Å². The van der Waals surface area contributed by atoms with Gasteiger partial charge < -0.3 is 24.8 Å². The summed E-state index contributed by atoms with van der Waals surface area (Å²) >= 11 is 0. The Morgan fingerprint density at radius 1 is 1.38 bits per heavy atom. The van der Waals surface area contributed by atoms with E-state index in [1.165, 1.54) is 0 Å². The van der Waals surface area contributed by atoms with Gasteiger partial charge in [0.1, 0.15) is 5.60 Å². The van der Waals surface area contributed by atoms with Crippen molar-refractivity contribution in [3.63, 3.8) is 0 Å². The lowest BCUT2D eigenvalue weighted by Gasteiger charge is -2.34. The first kappa shape index (κ1) is 18.2. The van der Waals surface area contributed by atoms with Gasteiger partial charge >= 0.3 is 6.09 Å². The van der Waals surface area contributed by atoms with Gasteiger partial charge in [0.05, 0.1) is 19.3 Å². The minimum Gasteiger partial charge on any atom is -0.444 e. The molecule has 1 unspecified atom stereocenters. The maximum absolute atomic E-state index is 12.0. The molecule has 1 amide bonds. The highest BCUT2D eigenvalue weighted by Gasteiger charge is 2.26. The molecule has 2 N–H and O–H groups in total. The van der Waals surface area contributed by atoms with Crippen LogP contribution in [-0.4, -0.2) is 67.7 Å². The molecule has 0 spiro atoms. The Morgan fingerprint density at radius 2 is 2.00 bits per heavy atom. The summed E-state index contributed by atoms with van der Waals surface area (Å²) in [4.78, 5) is 13.7. The van der Waals surface area contributed by atoms with Crippen LogP contribution in [0.4, 0.5) is 4.79 Å². The average Bonchev–Trinajstić information content (AvgIpc) is 2.42. The number of aliphatic hydroxyl groups is 1. The zero-order valence-corrected chi connectivity index (χ0v) is 13.7. The number of piperidine rings is 1. The molecule has 0 saturated carbocycles. The van der Waals surface area contributed by atoms with Crippen LogP contribution in [0.5, 0.6) is 0 Å². The van der Waals surface area contributed by atoms with E-state index in [0.717, 1.165) is 32.5 Å². The number of carbonyl (C=O) groups excluding carboxylic acids is 1. The Bertz CT molecular complexity index is 309. The van der Waals surface area contributed by atoms with E-state index in [1.807, 2.05) is 20.8 Å². The summed E-state index contributed by atoms with van der Waals surface area (Å²) in [6.45, 7) is 8.53. The molecule has 0 radical (unpaired) electrons. The molecule has 0 aromatic rings. The number of aliphatic hydroxyl groups excluding tert-OH is 1. The normalized spacial score (nSPS) is 18.6. The van der Waals surface area contributed by atoms with Crippen LogP contribution < -0.4 is 5.32 Å². The number of methoxy groups -OCH3 is 1. The number of rotatable bonds is 6. The van der Waals surface area contributed by atoms with Crippen LogP contribution in [-0.2, 0) is 9.47 Å². The van der Waals surface area contributed by atoms with Crippen molar-refractivity contribution in [2.24, 2.45) is 5.92 Å². The van der Waals surface area contributed by atoms with Crippen LogP contribution in [0.1, 0.15) is 33.6 Å². The molecule has 1 aliphatic rings. The van der Waals surface area contributed by atoms with Crippen molar-refractivity contribution in [2.45, 2.75) is 45.3 Å².